The number of primary amides is 1. The molecule has 1 saturated heterocycles. The second-order valence-corrected chi connectivity index (χ2v) is 5.31. The van der Waals surface area contributed by atoms with E-state index in [0.717, 1.165) is 37.3 Å². The lowest BCUT2D eigenvalue weighted by Gasteiger charge is -2.33. The third-order valence-corrected chi connectivity index (χ3v) is 3.67. The Kier molecular flexibility index (Phi) is 3.87. The Morgan fingerprint density at radius 3 is 2.53 bits per heavy atom. The van der Waals surface area contributed by atoms with Gasteiger partial charge in [0.05, 0.1) is 0 Å². The van der Waals surface area contributed by atoms with Crippen LogP contribution in [0.4, 0.5) is 11.6 Å². The van der Waals surface area contributed by atoms with E-state index >= 15 is 0 Å². The quantitative estimate of drug-likeness (QED) is 0.843. The van der Waals surface area contributed by atoms with Crippen LogP contribution in [0.1, 0.15) is 38.2 Å². The number of carbonyl (C=O) groups is 1. The van der Waals surface area contributed by atoms with Crippen molar-refractivity contribution in [1.82, 2.24) is 9.97 Å². The van der Waals surface area contributed by atoms with Gasteiger partial charge in [0.15, 0.2) is 0 Å². The molecular weight excluding hydrogens is 242 g/mol. The molecule has 0 aromatic carbocycles. The summed E-state index contributed by atoms with van der Waals surface area (Å²) in [6.45, 7) is 5.72. The van der Waals surface area contributed by atoms with Crippen molar-refractivity contribution in [1.29, 1.82) is 0 Å². The average molecular weight is 263 g/mol. The minimum atomic E-state index is -0.203. The molecule has 1 aromatic heterocycles. The van der Waals surface area contributed by atoms with Gasteiger partial charge in [-0.2, -0.15) is 0 Å². The number of carbonyl (C=O) groups excluding carboxylic acids is 1. The van der Waals surface area contributed by atoms with E-state index in [2.05, 4.69) is 28.7 Å². The molecule has 0 spiro atoms. The minimum Gasteiger partial charge on any atom is -0.383 e. The van der Waals surface area contributed by atoms with Crippen LogP contribution in [0.5, 0.6) is 0 Å². The van der Waals surface area contributed by atoms with Gasteiger partial charge in [0.25, 0.3) is 0 Å². The normalized spacial score (nSPS) is 16.9. The summed E-state index contributed by atoms with van der Waals surface area (Å²) >= 11 is 0. The first-order chi connectivity index (χ1) is 9.00. The van der Waals surface area contributed by atoms with Gasteiger partial charge in [-0.05, 0) is 18.8 Å². The van der Waals surface area contributed by atoms with Crippen molar-refractivity contribution in [3.8, 4) is 0 Å². The maximum absolute atomic E-state index is 11.2. The van der Waals surface area contributed by atoms with Crippen LogP contribution >= 0.6 is 0 Å². The molecule has 0 aliphatic carbocycles. The molecule has 2 rings (SSSR count). The zero-order valence-electron chi connectivity index (χ0n) is 11.5. The molecule has 1 aliphatic heterocycles. The zero-order valence-corrected chi connectivity index (χ0v) is 11.5. The molecule has 0 saturated carbocycles. The Morgan fingerprint density at radius 2 is 2.00 bits per heavy atom. The summed E-state index contributed by atoms with van der Waals surface area (Å²) in [7, 11) is 0. The molecule has 104 valence electrons. The molecule has 1 aromatic rings. The van der Waals surface area contributed by atoms with Crippen LogP contribution in [0.15, 0.2) is 6.33 Å². The van der Waals surface area contributed by atoms with E-state index in [-0.39, 0.29) is 17.7 Å². The predicted octanol–water partition coefficient (Wildman–Crippen LogP) is 0.884. The molecular formula is C13H21N5O. The predicted molar refractivity (Wildman–Crippen MR) is 74.7 cm³/mol. The first kappa shape index (κ1) is 13.6. The van der Waals surface area contributed by atoms with Crippen molar-refractivity contribution in [3.05, 3.63) is 11.9 Å². The number of nitrogens with zero attached hydrogens (tertiary/aromatic N) is 3. The second kappa shape index (κ2) is 5.42. The van der Waals surface area contributed by atoms with Gasteiger partial charge in [-0.15, -0.1) is 0 Å². The number of piperidine rings is 1. The van der Waals surface area contributed by atoms with Gasteiger partial charge in [-0.3, -0.25) is 4.79 Å². The summed E-state index contributed by atoms with van der Waals surface area (Å²) in [4.78, 5) is 21.8. The lowest BCUT2D eigenvalue weighted by molar-refractivity contribution is -0.122. The molecule has 0 atom stereocenters. The highest BCUT2D eigenvalue weighted by atomic mass is 16.1. The van der Waals surface area contributed by atoms with E-state index in [4.69, 9.17) is 11.5 Å². The maximum Gasteiger partial charge on any atom is 0.220 e. The van der Waals surface area contributed by atoms with Gasteiger partial charge in [-0.25, -0.2) is 9.97 Å². The smallest absolute Gasteiger partial charge is 0.220 e. The summed E-state index contributed by atoms with van der Waals surface area (Å²) < 4.78 is 0. The SMILES string of the molecule is CC(C)c1c(N)ncnc1N1CCC(C(N)=O)CC1. The molecule has 2 heterocycles. The number of nitrogen functional groups attached to an aromatic ring is 1. The van der Waals surface area contributed by atoms with Crippen LogP contribution in [-0.4, -0.2) is 29.0 Å². The van der Waals surface area contributed by atoms with Crippen molar-refractivity contribution in [3.63, 3.8) is 0 Å². The second-order valence-electron chi connectivity index (χ2n) is 5.31. The standard InChI is InChI=1S/C13H21N5O/c1-8(2)10-11(14)16-7-17-13(10)18-5-3-9(4-6-18)12(15)19/h7-9H,3-6H2,1-2H3,(H2,15,19)(H2,14,16,17). The van der Waals surface area contributed by atoms with Crippen LogP contribution < -0.4 is 16.4 Å². The first-order valence-electron chi connectivity index (χ1n) is 6.65. The number of hydrogen-bond acceptors (Lipinski definition) is 5. The number of aromatic nitrogens is 2. The average Bonchev–Trinajstić information content (AvgIpc) is 2.38. The third kappa shape index (κ3) is 2.77. The molecule has 0 radical (unpaired) electrons. The fraction of sp³-hybridized carbons (Fsp3) is 0.615. The van der Waals surface area contributed by atoms with E-state index < -0.39 is 0 Å². The van der Waals surface area contributed by atoms with E-state index in [1.165, 1.54) is 6.33 Å². The molecule has 1 amide bonds. The minimum absolute atomic E-state index is 0.0158. The fourth-order valence-corrected chi connectivity index (χ4v) is 2.58. The molecule has 6 heteroatoms. The summed E-state index contributed by atoms with van der Waals surface area (Å²) in [6.07, 6.45) is 3.05. The number of amides is 1. The maximum atomic E-state index is 11.2. The summed E-state index contributed by atoms with van der Waals surface area (Å²) in [5.41, 5.74) is 12.3. The molecule has 4 N–H and O–H groups in total. The first-order valence-corrected chi connectivity index (χ1v) is 6.65. The third-order valence-electron chi connectivity index (χ3n) is 3.67. The van der Waals surface area contributed by atoms with Crippen molar-refractivity contribution in [2.75, 3.05) is 23.7 Å². The van der Waals surface area contributed by atoms with E-state index in [0.29, 0.717) is 5.82 Å². The van der Waals surface area contributed by atoms with Gasteiger partial charge in [0.2, 0.25) is 5.91 Å². The highest BCUT2D eigenvalue weighted by molar-refractivity contribution is 5.77. The Morgan fingerprint density at radius 1 is 1.37 bits per heavy atom. The Labute approximate surface area is 113 Å². The Balaban J connectivity index is 2.20. The molecule has 19 heavy (non-hydrogen) atoms. The van der Waals surface area contributed by atoms with Crippen molar-refractivity contribution in [2.45, 2.75) is 32.6 Å². The Hall–Kier alpha value is -1.85. The zero-order chi connectivity index (χ0) is 14.0. The lowest BCUT2D eigenvalue weighted by Crippen LogP contribution is -2.39. The van der Waals surface area contributed by atoms with Gasteiger partial charge in [0, 0.05) is 24.6 Å². The van der Waals surface area contributed by atoms with Crippen molar-refractivity contribution < 1.29 is 4.79 Å². The van der Waals surface area contributed by atoms with Crippen LogP contribution in [0, 0.1) is 5.92 Å². The van der Waals surface area contributed by atoms with E-state index in [1.807, 2.05) is 0 Å². The van der Waals surface area contributed by atoms with Gasteiger partial charge in [-0.1, -0.05) is 13.8 Å². The molecule has 0 bridgehead atoms. The van der Waals surface area contributed by atoms with Gasteiger partial charge < -0.3 is 16.4 Å². The topological polar surface area (TPSA) is 98.1 Å². The van der Waals surface area contributed by atoms with Crippen LogP contribution in [0.3, 0.4) is 0 Å². The van der Waals surface area contributed by atoms with Crippen molar-refractivity contribution in [2.24, 2.45) is 11.7 Å². The molecule has 0 unspecified atom stereocenters. The number of nitrogens with two attached hydrogens (primary N) is 2. The van der Waals surface area contributed by atoms with Gasteiger partial charge >= 0.3 is 0 Å². The van der Waals surface area contributed by atoms with E-state index in [1.54, 1.807) is 0 Å². The summed E-state index contributed by atoms with van der Waals surface area (Å²) in [6, 6.07) is 0. The molecule has 1 fully saturated rings. The monoisotopic (exact) mass is 263 g/mol. The van der Waals surface area contributed by atoms with Crippen LogP contribution in [-0.2, 0) is 4.79 Å². The van der Waals surface area contributed by atoms with Crippen molar-refractivity contribution >= 4 is 17.5 Å². The highest BCUT2D eigenvalue weighted by Gasteiger charge is 2.26. The largest absolute Gasteiger partial charge is 0.383 e. The number of hydrogen-bond donors (Lipinski definition) is 2. The summed E-state index contributed by atoms with van der Waals surface area (Å²) in [5.74, 6) is 1.48. The fourth-order valence-electron chi connectivity index (χ4n) is 2.58. The van der Waals surface area contributed by atoms with Gasteiger partial charge in [0.1, 0.15) is 18.0 Å². The number of rotatable bonds is 3. The number of anilines is 2. The highest BCUT2D eigenvalue weighted by Crippen LogP contribution is 2.31. The molecule has 6 nitrogen and oxygen atoms in total. The van der Waals surface area contributed by atoms with E-state index in [9.17, 15) is 4.79 Å². The lowest BCUT2D eigenvalue weighted by atomic mass is 9.95. The molecule has 1 aliphatic rings. The van der Waals surface area contributed by atoms with Crippen LogP contribution in [0.2, 0.25) is 0 Å². The van der Waals surface area contributed by atoms with Crippen LogP contribution in [0.25, 0.3) is 0 Å². The summed E-state index contributed by atoms with van der Waals surface area (Å²) in [5, 5.41) is 0. The Bertz CT molecular complexity index is 466.